The van der Waals surface area contributed by atoms with Crippen LogP contribution in [0.2, 0.25) is 0 Å². The molecule has 0 aromatic carbocycles. The lowest BCUT2D eigenvalue weighted by molar-refractivity contribution is 0.117. The molecule has 1 spiro atoms. The standard InChI is InChI=1S/C32H42N8O3S/c1-20(23-7-5-11-38(23)2)42-26-18-25(40-14-12-39(13-15-40)16-17-41)35-31(36-26)28-21-6-3-9-32(29(21)43-37-28)10-4-8-24-27(32)22(19-33)30(34)44-24/h18,20,23,41H,3-17,34H2,1-2H3/t20-,23-,32-/m0/s1. The van der Waals surface area contributed by atoms with Gasteiger partial charge in [-0.25, -0.2) is 4.98 Å². The van der Waals surface area contributed by atoms with Gasteiger partial charge in [-0.05, 0) is 77.4 Å². The molecule has 0 saturated carbocycles. The number of anilines is 2. The number of aryl methyl sites for hydroxylation is 1. The van der Waals surface area contributed by atoms with E-state index >= 15 is 0 Å². The van der Waals surface area contributed by atoms with E-state index in [4.69, 9.17) is 25.0 Å². The van der Waals surface area contributed by atoms with Crippen molar-refractivity contribution in [2.45, 2.75) is 75.9 Å². The summed E-state index contributed by atoms with van der Waals surface area (Å²) in [6.07, 6.45) is 7.81. The molecule has 2 aliphatic carbocycles. The molecule has 5 heterocycles. The van der Waals surface area contributed by atoms with E-state index in [0.717, 1.165) is 100 Å². The van der Waals surface area contributed by atoms with Crippen molar-refractivity contribution in [3.05, 3.63) is 33.4 Å². The molecule has 2 fully saturated rings. The van der Waals surface area contributed by atoms with Crippen molar-refractivity contribution in [2.24, 2.45) is 0 Å². The van der Waals surface area contributed by atoms with Crippen molar-refractivity contribution in [1.82, 2.24) is 24.9 Å². The zero-order valence-corrected chi connectivity index (χ0v) is 26.5. The first kappa shape index (κ1) is 29.5. The van der Waals surface area contributed by atoms with E-state index in [1.54, 1.807) is 11.3 Å². The SMILES string of the molecule is C[C@H](Oc1cc(N2CCN(CCO)CC2)nc(-c2noc3c2CCC[C@@]32CCCc3sc(N)c(C#N)c32)n1)[C@@H]1CCCN1C. The minimum Gasteiger partial charge on any atom is -0.473 e. The number of nitriles is 1. The number of nitrogens with two attached hydrogens (primary N) is 1. The molecule has 3 aromatic rings. The summed E-state index contributed by atoms with van der Waals surface area (Å²) < 4.78 is 12.8. The number of hydrogen-bond acceptors (Lipinski definition) is 12. The molecule has 7 rings (SSSR count). The van der Waals surface area contributed by atoms with Gasteiger partial charge >= 0.3 is 0 Å². The van der Waals surface area contributed by atoms with E-state index in [9.17, 15) is 10.4 Å². The maximum Gasteiger partial charge on any atom is 0.219 e. The Morgan fingerprint density at radius 2 is 1.98 bits per heavy atom. The van der Waals surface area contributed by atoms with Gasteiger partial charge < -0.3 is 25.0 Å². The predicted octanol–water partition coefficient (Wildman–Crippen LogP) is 3.58. The molecule has 3 aromatic heterocycles. The molecule has 44 heavy (non-hydrogen) atoms. The van der Waals surface area contributed by atoms with Crippen LogP contribution in [0.5, 0.6) is 5.88 Å². The second kappa shape index (κ2) is 11.9. The Balaban J connectivity index is 1.28. The highest BCUT2D eigenvalue weighted by Crippen LogP contribution is 2.55. The number of nitrogens with zero attached hydrogens (tertiary/aromatic N) is 7. The van der Waals surface area contributed by atoms with Crippen LogP contribution in [0.15, 0.2) is 10.6 Å². The highest BCUT2D eigenvalue weighted by atomic mass is 32.1. The maximum absolute atomic E-state index is 10.1. The number of ether oxygens (including phenoxy) is 1. The molecule has 3 N–H and O–H groups in total. The van der Waals surface area contributed by atoms with Crippen LogP contribution < -0.4 is 15.4 Å². The van der Waals surface area contributed by atoms with Crippen LogP contribution in [-0.4, -0.2) is 95.1 Å². The fourth-order valence-electron chi connectivity index (χ4n) is 8.10. The Hall–Kier alpha value is -3.24. The number of likely N-dealkylation sites (N-methyl/N-ethyl adjacent to an activating group) is 1. The van der Waals surface area contributed by atoms with Gasteiger partial charge in [0.25, 0.3) is 0 Å². The third-order valence-electron chi connectivity index (χ3n) is 10.3. The molecule has 0 radical (unpaired) electrons. The monoisotopic (exact) mass is 618 g/mol. The Morgan fingerprint density at radius 1 is 1.18 bits per heavy atom. The summed E-state index contributed by atoms with van der Waals surface area (Å²) in [5, 5.41) is 24.8. The Bertz CT molecular complexity index is 1550. The van der Waals surface area contributed by atoms with E-state index in [0.29, 0.717) is 40.5 Å². The second-order valence-corrected chi connectivity index (χ2v) is 14.0. The lowest BCUT2D eigenvalue weighted by Gasteiger charge is -2.39. The largest absolute Gasteiger partial charge is 0.473 e. The topological polar surface area (TPSA) is 141 Å². The number of thiophene rings is 1. The van der Waals surface area contributed by atoms with Gasteiger partial charge in [0.1, 0.15) is 23.0 Å². The molecule has 12 heteroatoms. The first-order valence-electron chi connectivity index (χ1n) is 16.1. The molecule has 0 unspecified atom stereocenters. The molecule has 0 bridgehead atoms. The summed E-state index contributed by atoms with van der Waals surface area (Å²) in [5.41, 5.74) is 9.34. The quantitative estimate of drug-likeness (QED) is 0.401. The van der Waals surface area contributed by atoms with Crippen LogP contribution in [0, 0.1) is 11.3 Å². The van der Waals surface area contributed by atoms with E-state index < -0.39 is 5.41 Å². The molecule has 234 valence electrons. The van der Waals surface area contributed by atoms with Gasteiger partial charge in [-0.2, -0.15) is 10.2 Å². The van der Waals surface area contributed by atoms with E-state index in [1.807, 2.05) is 6.07 Å². The first-order chi connectivity index (χ1) is 21.4. The number of aliphatic hydroxyl groups is 1. The summed E-state index contributed by atoms with van der Waals surface area (Å²) in [6, 6.07) is 4.71. The van der Waals surface area contributed by atoms with Crippen LogP contribution in [0.3, 0.4) is 0 Å². The van der Waals surface area contributed by atoms with Gasteiger partial charge in [0.05, 0.1) is 17.6 Å². The van der Waals surface area contributed by atoms with Crippen molar-refractivity contribution in [1.29, 1.82) is 5.26 Å². The summed E-state index contributed by atoms with van der Waals surface area (Å²) in [6.45, 7) is 7.37. The Labute approximate surface area is 262 Å². The third kappa shape index (κ3) is 5.04. The van der Waals surface area contributed by atoms with Gasteiger partial charge in [0.2, 0.25) is 5.88 Å². The number of aromatic nitrogens is 3. The van der Waals surface area contributed by atoms with Crippen molar-refractivity contribution >= 4 is 22.2 Å². The van der Waals surface area contributed by atoms with E-state index in [1.165, 1.54) is 11.3 Å². The fraction of sp³-hybridized carbons (Fsp3) is 0.625. The first-order valence-corrected chi connectivity index (χ1v) is 16.9. The second-order valence-electron chi connectivity index (χ2n) is 12.8. The predicted molar refractivity (Wildman–Crippen MR) is 169 cm³/mol. The fourth-order valence-corrected chi connectivity index (χ4v) is 9.26. The number of β-amino-alcohol motifs (C(OH)–C–C–N with tert-alkyl or cyclic N) is 1. The zero-order chi connectivity index (χ0) is 30.4. The molecule has 0 amide bonds. The number of piperazine rings is 1. The van der Waals surface area contributed by atoms with Crippen molar-refractivity contribution < 1.29 is 14.4 Å². The minimum atomic E-state index is -0.396. The summed E-state index contributed by atoms with van der Waals surface area (Å²) in [7, 11) is 2.16. The van der Waals surface area contributed by atoms with Gasteiger partial charge in [0, 0.05) is 55.3 Å². The lowest BCUT2D eigenvalue weighted by atomic mass is 9.63. The van der Waals surface area contributed by atoms with Gasteiger partial charge in [0.15, 0.2) is 17.3 Å². The van der Waals surface area contributed by atoms with Gasteiger partial charge in [-0.3, -0.25) is 9.80 Å². The highest BCUT2D eigenvalue weighted by Gasteiger charge is 2.49. The number of likely N-dealkylation sites (tertiary alicyclic amines) is 1. The molecular weight excluding hydrogens is 576 g/mol. The Morgan fingerprint density at radius 3 is 2.70 bits per heavy atom. The average molecular weight is 619 g/mol. The highest BCUT2D eigenvalue weighted by molar-refractivity contribution is 7.16. The smallest absolute Gasteiger partial charge is 0.219 e. The van der Waals surface area contributed by atoms with Crippen molar-refractivity contribution in [3.63, 3.8) is 0 Å². The normalized spacial score (nSPS) is 24.7. The molecule has 3 atom stereocenters. The minimum absolute atomic E-state index is 0.0249. The molecule has 4 aliphatic rings. The Kier molecular flexibility index (Phi) is 7.99. The maximum atomic E-state index is 10.1. The number of aliphatic hydroxyl groups excluding tert-OH is 1. The summed E-state index contributed by atoms with van der Waals surface area (Å²) in [4.78, 5) is 18.2. The number of hydrogen-bond donors (Lipinski definition) is 2. The van der Waals surface area contributed by atoms with Crippen molar-refractivity contribution in [3.8, 4) is 23.5 Å². The molecule has 2 saturated heterocycles. The average Bonchev–Trinajstić information content (AvgIpc) is 3.75. The number of fused-ring (bicyclic) bond motifs is 4. The zero-order valence-electron chi connectivity index (χ0n) is 25.7. The van der Waals surface area contributed by atoms with Crippen LogP contribution in [-0.2, 0) is 18.3 Å². The van der Waals surface area contributed by atoms with Crippen molar-refractivity contribution in [2.75, 3.05) is 63.6 Å². The molecule has 2 aliphatic heterocycles. The van der Waals surface area contributed by atoms with Crippen LogP contribution in [0.25, 0.3) is 11.5 Å². The number of rotatable bonds is 7. The molecular formula is C32H42N8O3S. The molecule has 11 nitrogen and oxygen atoms in total. The van der Waals surface area contributed by atoms with Crippen LogP contribution in [0.1, 0.15) is 72.8 Å². The van der Waals surface area contributed by atoms with Crippen LogP contribution in [0.4, 0.5) is 10.8 Å². The van der Waals surface area contributed by atoms with Gasteiger partial charge in [-0.15, -0.1) is 11.3 Å². The third-order valence-corrected chi connectivity index (χ3v) is 11.4. The van der Waals surface area contributed by atoms with Crippen LogP contribution >= 0.6 is 11.3 Å². The summed E-state index contributed by atoms with van der Waals surface area (Å²) in [5.74, 6) is 2.74. The number of nitrogen functional groups attached to an aromatic ring is 1. The van der Waals surface area contributed by atoms with Gasteiger partial charge in [-0.1, -0.05) is 5.16 Å². The van der Waals surface area contributed by atoms with E-state index in [2.05, 4.69) is 39.9 Å². The summed E-state index contributed by atoms with van der Waals surface area (Å²) >= 11 is 1.55. The van der Waals surface area contributed by atoms with E-state index in [-0.39, 0.29) is 12.7 Å². The lowest BCUT2D eigenvalue weighted by Crippen LogP contribution is -2.47.